The number of amides is 1. The number of primary sulfonamides is 1. The Morgan fingerprint density at radius 2 is 2.20 bits per heavy atom. The number of aromatic nitrogens is 1. The third kappa shape index (κ3) is 5.18. The summed E-state index contributed by atoms with van der Waals surface area (Å²) in [5.41, 5.74) is 0.324. The van der Waals surface area contributed by atoms with Crippen LogP contribution in [0.25, 0.3) is 0 Å². The van der Waals surface area contributed by atoms with Gasteiger partial charge < -0.3 is 10.0 Å². The van der Waals surface area contributed by atoms with E-state index in [9.17, 15) is 18.3 Å². The fourth-order valence-electron chi connectivity index (χ4n) is 3.18. The largest absolute Gasteiger partial charge is 0.465 e. The molecule has 1 unspecified atom stereocenters. The fraction of sp³-hybridized carbons (Fsp3) is 0.529. The van der Waals surface area contributed by atoms with Crippen molar-refractivity contribution in [2.75, 3.05) is 6.54 Å². The Bertz CT molecular complexity index is 791. The van der Waals surface area contributed by atoms with E-state index in [4.69, 9.17) is 5.14 Å². The second-order valence-electron chi connectivity index (χ2n) is 6.90. The standard InChI is InChI=1S/C17H23N3O4S/c1-17(2)10-14(12-20(17)16(21)22)7-5-3-4-6-13-8-9-15(19-11-13)25(18,23)24/h8-9,11,14H,3,5,7,10,12H2,1-2H3,(H,21,22)(H2,18,23,24). The normalized spacial score (nSPS) is 19.3. The first-order chi connectivity index (χ1) is 11.6. The molecule has 1 aliphatic heterocycles. The zero-order valence-electron chi connectivity index (χ0n) is 14.4. The third-order valence-electron chi connectivity index (χ3n) is 4.37. The molecule has 1 fully saturated rings. The second kappa shape index (κ2) is 7.42. The Balaban J connectivity index is 1.81. The summed E-state index contributed by atoms with van der Waals surface area (Å²) in [5.74, 6) is 6.34. The molecule has 7 nitrogen and oxygen atoms in total. The molecule has 0 spiro atoms. The summed E-state index contributed by atoms with van der Waals surface area (Å²) in [7, 11) is -3.78. The van der Waals surface area contributed by atoms with Gasteiger partial charge in [-0.1, -0.05) is 11.8 Å². The van der Waals surface area contributed by atoms with E-state index in [0.717, 1.165) is 19.3 Å². The van der Waals surface area contributed by atoms with Crippen molar-refractivity contribution in [1.82, 2.24) is 9.88 Å². The molecule has 1 aromatic heterocycles. The number of hydrogen-bond acceptors (Lipinski definition) is 4. The van der Waals surface area contributed by atoms with Crippen LogP contribution in [0.5, 0.6) is 0 Å². The highest BCUT2D eigenvalue weighted by molar-refractivity contribution is 7.89. The maximum absolute atomic E-state index is 11.2. The first-order valence-corrected chi connectivity index (χ1v) is 9.62. The van der Waals surface area contributed by atoms with Crippen molar-refractivity contribution in [1.29, 1.82) is 0 Å². The van der Waals surface area contributed by atoms with Crippen LogP contribution in [-0.4, -0.2) is 41.6 Å². The maximum atomic E-state index is 11.2. The predicted molar refractivity (Wildman–Crippen MR) is 93.3 cm³/mol. The highest BCUT2D eigenvalue weighted by Crippen LogP contribution is 2.35. The SMILES string of the molecule is CC1(C)CC(CCCC#Cc2ccc(S(N)(=O)=O)nc2)CN1C(=O)O. The van der Waals surface area contributed by atoms with Gasteiger partial charge in [0.1, 0.15) is 0 Å². The molecular weight excluding hydrogens is 342 g/mol. The van der Waals surface area contributed by atoms with Crippen LogP contribution in [0, 0.1) is 17.8 Å². The Labute approximate surface area is 148 Å². The molecule has 0 aromatic carbocycles. The minimum Gasteiger partial charge on any atom is -0.465 e. The van der Waals surface area contributed by atoms with Crippen LogP contribution < -0.4 is 5.14 Å². The van der Waals surface area contributed by atoms with Crippen LogP contribution >= 0.6 is 0 Å². The van der Waals surface area contributed by atoms with Gasteiger partial charge in [-0.3, -0.25) is 0 Å². The van der Waals surface area contributed by atoms with E-state index < -0.39 is 16.1 Å². The van der Waals surface area contributed by atoms with Gasteiger partial charge in [0, 0.05) is 30.3 Å². The van der Waals surface area contributed by atoms with E-state index in [0.29, 0.717) is 24.4 Å². The van der Waals surface area contributed by atoms with Gasteiger partial charge in [-0.15, -0.1) is 0 Å². The van der Waals surface area contributed by atoms with E-state index >= 15 is 0 Å². The molecule has 1 aliphatic rings. The van der Waals surface area contributed by atoms with Gasteiger partial charge in [0.2, 0.25) is 0 Å². The number of hydrogen-bond donors (Lipinski definition) is 2. The van der Waals surface area contributed by atoms with E-state index in [1.807, 2.05) is 13.8 Å². The number of pyridine rings is 1. The topological polar surface area (TPSA) is 114 Å². The summed E-state index contributed by atoms with van der Waals surface area (Å²) in [5, 5.41) is 14.0. The summed E-state index contributed by atoms with van der Waals surface area (Å²) in [6, 6.07) is 2.91. The van der Waals surface area contributed by atoms with E-state index in [-0.39, 0.29) is 10.6 Å². The zero-order valence-corrected chi connectivity index (χ0v) is 15.2. The minimum atomic E-state index is -3.78. The number of sulfonamides is 1. The van der Waals surface area contributed by atoms with Crippen LogP contribution in [0.1, 0.15) is 45.1 Å². The van der Waals surface area contributed by atoms with Gasteiger partial charge >= 0.3 is 6.09 Å². The molecular formula is C17H23N3O4S. The average molecular weight is 365 g/mol. The zero-order chi connectivity index (χ0) is 18.7. The summed E-state index contributed by atoms with van der Waals surface area (Å²) in [6.45, 7) is 4.49. The number of likely N-dealkylation sites (tertiary alicyclic amines) is 1. The Morgan fingerprint density at radius 1 is 1.48 bits per heavy atom. The van der Waals surface area contributed by atoms with Gasteiger partial charge in [0.15, 0.2) is 5.03 Å². The maximum Gasteiger partial charge on any atom is 0.407 e. The van der Waals surface area contributed by atoms with E-state index in [1.54, 1.807) is 6.07 Å². The second-order valence-corrected chi connectivity index (χ2v) is 8.41. The molecule has 1 aromatic rings. The van der Waals surface area contributed by atoms with Crippen LogP contribution in [0.15, 0.2) is 23.4 Å². The predicted octanol–water partition coefficient (Wildman–Crippen LogP) is 2.03. The number of nitrogens with two attached hydrogens (primary N) is 1. The van der Waals surface area contributed by atoms with Gasteiger partial charge in [0.25, 0.3) is 10.0 Å². The minimum absolute atomic E-state index is 0.176. The number of rotatable bonds is 4. The smallest absolute Gasteiger partial charge is 0.407 e. The molecule has 0 bridgehead atoms. The van der Waals surface area contributed by atoms with Crippen molar-refractivity contribution in [3.63, 3.8) is 0 Å². The van der Waals surface area contributed by atoms with Gasteiger partial charge in [0.05, 0.1) is 0 Å². The molecule has 2 heterocycles. The summed E-state index contributed by atoms with van der Waals surface area (Å²) >= 11 is 0. The van der Waals surface area contributed by atoms with Crippen LogP contribution in [0.2, 0.25) is 0 Å². The quantitative estimate of drug-likeness (QED) is 0.626. The highest BCUT2D eigenvalue weighted by atomic mass is 32.2. The molecule has 0 aliphatic carbocycles. The molecule has 0 saturated carbocycles. The molecule has 1 atom stereocenters. The van der Waals surface area contributed by atoms with Gasteiger partial charge in [-0.05, 0) is 51.2 Å². The summed E-state index contributed by atoms with van der Waals surface area (Å²) in [4.78, 5) is 16.5. The Hall–Kier alpha value is -2.11. The number of carboxylic acid groups (broad SMARTS) is 1. The molecule has 25 heavy (non-hydrogen) atoms. The molecule has 1 saturated heterocycles. The van der Waals surface area contributed by atoms with Crippen molar-refractivity contribution >= 4 is 16.1 Å². The fourth-order valence-corrected chi connectivity index (χ4v) is 3.64. The first kappa shape index (κ1) is 19.2. The Morgan fingerprint density at radius 3 is 2.72 bits per heavy atom. The average Bonchev–Trinajstić information content (AvgIpc) is 2.81. The molecule has 3 N–H and O–H groups in total. The molecule has 0 radical (unpaired) electrons. The van der Waals surface area contributed by atoms with Crippen molar-refractivity contribution in [2.45, 2.75) is 50.1 Å². The van der Waals surface area contributed by atoms with Crippen molar-refractivity contribution in [3.8, 4) is 11.8 Å². The number of carbonyl (C=O) groups is 1. The van der Waals surface area contributed by atoms with E-state index in [2.05, 4.69) is 16.8 Å². The Kier molecular flexibility index (Phi) is 5.70. The number of nitrogens with zero attached hydrogens (tertiary/aromatic N) is 2. The lowest BCUT2D eigenvalue weighted by molar-refractivity contribution is 0.117. The van der Waals surface area contributed by atoms with Crippen molar-refractivity contribution in [2.24, 2.45) is 11.1 Å². The summed E-state index contributed by atoms with van der Waals surface area (Å²) < 4.78 is 22.2. The van der Waals surface area contributed by atoms with Gasteiger partial charge in [-0.25, -0.2) is 23.3 Å². The lowest BCUT2D eigenvalue weighted by Crippen LogP contribution is -2.41. The molecule has 8 heteroatoms. The monoisotopic (exact) mass is 365 g/mol. The van der Waals surface area contributed by atoms with Crippen LogP contribution in [0.4, 0.5) is 4.79 Å². The molecule has 136 valence electrons. The summed E-state index contributed by atoms with van der Waals surface area (Å²) in [6.07, 6.45) is 3.92. The molecule has 2 rings (SSSR count). The highest BCUT2D eigenvalue weighted by Gasteiger charge is 2.40. The third-order valence-corrected chi connectivity index (χ3v) is 5.19. The first-order valence-electron chi connectivity index (χ1n) is 8.08. The van der Waals surface area contributed by atoms with Crippen molar-refractivity contribution < 1.29 is 18.3 Å². The lowest BCUT2D eigenvalue weighted by atomic mass is 9.93. The molecule has 1 amide bonds. The van der Waals surface area contributed by atoms with Crippen molar-refractivity contribution in [3.05, 3.63) is 23.9 Å². The van der Waals surface area contributed by atoms with Crippen LogP contribution in [0.3, 0.4) is 0 Å². The van der Waals surface area contributed by atoms with Crippen LogP contribution in [-0.2, 0) is 10.0 Å². The van der Waals surface area contributed by atoms with E-state index in [1.165, 1.54) is 17.2 Å². The lowest BCUT2D eigenvalue weighted by Gasteiger charge is -2.28. The van der Waals surface area contributed by atoms with Gasteiger partial charge in [-0.2, -0.15) is 0 Å². The number of unbranched alkanes of at least 4 members (excludes halogenated alkanes) is 1.